The normalized spacial score (nSPS) is 20.2. The number of nitrogens with zero attached hydrogens (tertiary/aromatic N) is 1. The molecule has 2 aliphatic rings. The average molecular weight is 426 g/mol. The molecule has 2 amide bonds. The number of carbonyl (C=O) groups is 1. The second-order valence-electron chi connectivity index (χ2n) is 9.19. The van der Waals surface area contributed by atoms with Crippen LogP contribution < -0.4 is 15.5 Å². The van der Waals surface area contributed by atoms with Crippen LogP contribution in [0.2, 0.25) is 0 Å². The van der Waals surface area contributed by atoms with Gasteiger partial charge in [-0.3, -0.25) is 4.90 Å². The number of rotatable bonds is 3. The van der Waals surface area contributed by atoms with E-state index >= 15 is 0 Å². The smallest absolute Gasteiger partial charge is 0.326 e. The summed E-state index contributed by atoms with van der Waals surface area (Å²) in [5, 5.41) is 6.44. The van der Waals surface area contributed by atoms with Crippen molar-refractivity contribution in [3.63, 3.8) is 0 Å². The van der Waals surface area contributed by atoms with Crippen molar-refractivity contribution in [3.8, 4) is 11.1 Å². The van der Waals surface area contributed by atoms with Crippen LogP contribution >= 0.6 is 0 Å². The number of benzene rings is 3. The van der Waals surface area contributed by atoms with Crippen molar-refractivity contribution in [1.82, 2.24) is 0 Å². The van der Waals surface area contributed by atoms with Crippen LogP contribution in [-0.4, -0.2) is 19.1 Å². The molecular weight excluding hydrogens is 394 g/mol. The van der Waals surface area contributed by atoms with E-state index in [1.54, 1.807) is 0 Å². The summed E-state index contributed by atoms with van der Waals surface area (Å²) in [5.74, 6) is 1.57. The minimum Gasteiger partial charge on any atom is -0.382 e. The Morgan fingerprint density at radius 1 is 0.906 bits per heavy atom. The number of fused-ring (bicyclic) bond motifs is 1. The topological polar surface area (TPSA) is 44.4 Å². The molecule has 0 unspecified atom stereocenters. The lowest BCUT2D eigenvalue weighted by Gasteiger charge is -2.31. The van der Waals surface area contributed by atoms with Gasteiger partial charge in [-0.05, 0) is 65.6 Å². The second-order valence-corrected chi connectivity index (χ2v) is 9.19. The Bertz CT molecular complexity index is 1070. The first-order valence-corrected chi connectivity index (χ1v) is 11.8. The van der Waals surface area contributed by atoms with Crippen LogP contribution in [0.15, 0.2) is 72.8 Å². The lowest BCUT2D eigenvalue weighted by Crippen LogP contribution is -2.41. The summed E-state index contributed by atoms with van der Waals surface area (Å²) in [6.45, 7) is 3.74. The fourth-order valence-electron chi connectivity index (χ4n) is 4.97. The van der Waals surface area contributed by atoms with Gasteiger partial charge in [-0.1, -0.05) is 68.3 Å². The van der Waals surface area contributed by atoms with Gasteiger partial charge in [0.15, 0.2) is 0 Å². The van der Waals surface area contributed by atoms with Crippen molar-refractivity contribution in [3.05, 3.63) is 78.4 Å². The summed E-state index contributed by atoms with van der Waals surface area (Å²) < 4.78 is 0. The summed E-state index contributed by atoms with van der Waals surface area (Å²) in [5.41, 5.74) is 6.51. The molecule has 1 saturated carbocycles. The van der Waals surface area contributed by atoms with E-state index in [-0.39, 0.29) is 6.03 Å². The maximum atomic E-state index is 13.0. The van der Waals surface area contributed by atoms with Gasteiger partial charge in [-0.15, -0.1) is 0 Å². The minimum absolute atomic E-state index is 0.0991. The molecule has 0 bridgehead atoms. The Labute approximate surface area is 190 Å². The number of hydrogen-bond donors (Lipinski definition) is 2. The molecule has 1 aliphatic heterocycles. The monoisotopic (exact) mass is 425 g/mol. The number of anilines is 3. The summed E-state index contributed by atoms with van der Waals surface area (Å²) in [6.07, 6.45) is 5.28. The third kappa shape index (κ3) is 4.36. The van der Waals surface area contributed by atoms with Crippen LogP contribution in [0.3, 0.4) is 0 Å². The Balaban J connectivity index is 1.36. The molecule has 3 aromatic rings. The first-order chi connectivity index (χ1) is 15.7. The van der Waals surface area contributed by atoms with Gasteiger partial charge in [0.1, 0.15) is 0 Å². The van der Waals surface area contributed by atoms with Gasteiger partial charge < -0.3 is 10.6 Å². The third-order valence-corrected chi connectivity index (χ3v) is 6.94. The Kier molecular flexibility index (Phi) is 5.85. The molecule has 0 saturated heterocycles. The quantitative estimate of drug-likeness (QED) is 0.469. The molecule has 0 atom stereocenters. The zero-order valence-corrected chi connectivity index (χ0v) is 18.7. The lowest BCUT2D eigenvalue weighted by molar-refractivity contribution is 0.257. The standard InChI is InChI=1S/C28H31N3O/c1-20-7-9-21(10-8-20)22-11-13-23(14-12-22)24-15-16-26-27(19-24)31(18-17-29-26)28(32)30-25-5-3-2-4-6-25/h2-6,11-16,19-21,29H,7-10,17-18H2,1H3,(H,30,32). The van der Waals surface area contributed by atoms with E-state index in [2.05, 4.69) is 60.0 Å². The van der Waals surface area contributed by atoms with Crippen molar-refractivity contribution in [2.45, 2.75) is 38.5 Å². The summed E-state index contributed by atoms with van der Waals surface area (Å²) >= 11 is 0. The average Bonchev–Trinajstić information content (AvgIpc) is 2.84. The first kappa shape index (κ1) is 20.6. The highest BCUT2D eigenvalue weighted by Crippen LogP contribution is 2.37. The Morgan fingerprint density at radius 2 is 1.62 bits per heavy atom. The molecule has 3 aromatic carbocycles. The van der Waals surface area contributed by atoms with E-state index in [1.807, 2.05) is 35.2 Å². The maximum absolute atomic E-state index is 13.0. The highest BCUT2D eigenvalue weighted by atomic mass is 16.2. The molecule has 1 fully saturated rings. The van der Waals surface area contributed by atoms with Gasteiger partial charge in [-0.25, -0.2) is 4.79 Å². The second kappa shape index (κ2) is 9.07. The van der Waals surface area contributed by atoms with Crippen molar-refractivity contribution in [2.24, 2.45) is 5.92 Å². The van der Waals surface area contributed by atoms with Crippen molar-refractivity contribution in [2.75, 3.05) is 28.6 Å². The first-order valence-electron chi connectivity index (χ1n) is 11.8. The third-order valence-electron chi connectivity index (χ3n) is 6.94. The highest BCUT2D eigenvalue weighted by Gasteiger charge is 2.23. The van der Waals surface area contributed by atoms with Gasteiger partial charge in [0.2, 0.25) is 0 Å². The number of carbonyl (C=O) groups excluding carboxylic acids is 1. The van der Waals surface area contributed by atoms with E-state index in [0.29, 0.717) is 12.5 Å². The Hall–Kier alpha value is -3.27. The SMILES string of the molecule is CC1CCC(c2ccc(-c3ccc4c(c3)N(C(=O)Nc3ccccc3)CCN4)cc2)CC1. The molecule has 2 N–H and O–H groups in total. The predicted molar refractivity (Wildman–Crippen MR) is 134 cm³/mol. The van der Waals surface area contributed by atoms with Gasteiger partial charge in [0.25, 0.3) is 0 Å². The molecule has 164 valence electrons. The van der Waals surface area contributed by atoms with Gasteiger partial charge in [0, 0.05) is 18.8 Å². The number of urea groups is 1. The fourth-order valence-corrected chi connectivity index (χ4v) is 4.97. The predicted octanol–water partition coefficient (Wildman–Crippen LogP) is 7.11. The van der Waals surface area contributed by atoms with Crippen LogP contribution in [0.25, 0.3) is 11.1 Å². The van der Waals surface area contributed by atoms with Gasteiger partial charge in [0.05, 0.1) is 11.4 Å². The zero-order chi connectivity index (χ0) is 21.9. The van der Waals surface area contributed by atoms with Crippen molar-refractivity contribution in [1.29, 1.82) is 0 Å². The summed E-state index contributed by atoms with van der Waals surface area (Å²) in [4.78, 5) is 14.8. The maximum Gasteiger partial charge on any atom is 0.326 e. The van der Waals surface area contributed by atoms with E-state index < -0.39 is 0 Å². The van der Waals surface area contributed by atoms with Crippen molar-refractivity contribution >= 4 is 23.1 Å². The molecule has 32 heavy (non-hydrogen) atoms. The van der Waals surface area contributed by atoms with Gasteiger partial charge in [-0.2, -0.15) is 0 Å². The van der Waals surface area contributed by atoms with E-state index in [4.69, 9.17) is 0 Å². The van der Waals surface area contributed by atoms with Crippen LogP contribution in [0.1, 0.15) is 44.1 Å². The molecule has 0 spiro atoms. The molecule has 0 radical (unpaired) electrons. The summed E-state index contributed by atoms with van der Waals surface area (Å²) in [6, 6.07) is 24.9. The largest absolute Gasteiger partial charge is 0.382 e. The number of amides is 2. The molecule has 1 aliphatic carbocycles. The molecule has 1 heterocycles. The van der Waals surface area contributed by atoms with Crippen LogP contribution in [0.4, 0.5) is 21.9 Å². The fraction of sp³-hybridized carbons (Fsp3) is 0.321. The highest BCUT2D eigenvalue weighted by molar-refractivity contribution is 6.05. The number of para-hydroxylation sites is 1. The number of nitrogens with one attached hydrogen (secondary N) is 2. The zero-order valence-electron chi connectivity index (χ0n) is 18.7. The summed E-state index contributed by atoms with van der Waals surface area (Å²) in [7, 11) is 0. The Morgan fingerprint density at radius 3 is 2.38 bits per heavy atom. The van der Waals surface area contributed by atoms with E-state index in [9.17, 15) is 4.79 Å². The molecular formula is C28H31N3O. The molecule has 0 aromatic heterocycles. The van der Waals surface area contributed by atoms with E-state index in [1.165, 1.54) is 36.8 Å². The van der Waals surface area contributed by atoms with E-state index in [0.717, 1.165) is 35.1 Å². The lowest BCUT2D eigenvalue weighted by atomic mass is 9.79. The van der Waals surface area contributed by atoms with Crippen LogP contribution in [0.5, 0.6) is 0 Å². The molecule has 4 nitrogen and oxygen atoms in total. The van der Waals surface area contributed by atoms with Crippen LogP contribution in [-0.2, 0) is 0 Å². The van der Waals surface area contributed by atoms with Gasteiger partial charge >= 0.3 is 6.03 Å². The minimum atomic E-state index is -0.0991. The van der Waals surface area contributed by atoms with Crippen LogP contribution in [0, 0.1) is 5.92 Å². The molecule has 5 rings (SSSR count). The van der Waals surface area contributed by atoms with Crippen molar-refractivity contribution < 1.29 is 4.79 Å². The molecule has 4 heteroatoms. The number of hydrogen-bond acceptors (Lipinski definition) is 2.